The second-order valence-electron chi connectivity index (χ2n) is 10.3. The summed E-state index contributed by atoms with van der Waals surface area (Å²) < 4.78 is 8.43. The Labute approximate surface area is 241 Å². The SMILES string of the molecule is [C-]#[N+]c1cccc(C#N)c1-c1ccc2c(c1)c1cccc(-c3ccc4oc5ccccc5c4c3)c1n2-c1ccccc1. The van der Waals surface area contributed by atoms with Gasteiger partial charge in [-0.3, -0.25) is 0 Å². The number of aromatic nitrogens is 1. The Kier molecular flexibility index (Phi) is 5.22. The van der Waals surface area contributed by atoms with E-state index in [1.54, 1.807) is 18.2 Å². The van der Waals surface area contributed by atoms with Crippen LogP contribution in [0.2, 0.25) is 0 Å². The van der Waals surface area contributed by atoms with Crippen LogP contribution in [-0.4, -0.2) is 4.57 Å². The molecule has 8 aromatic rings. The Morgan fingerprint density at radius 2 is 1.38 bits per heavy atom. The van der Waals surface area contributed by atoms with Crippen molar-refractivity contribution in [1.82, 2.24) is 4.57 Å². The minimum Gasteiger partial charge on any atom is -0.456 e. The average Bonchev–Trinajstić information content (AvgIpc) is 3.59. The van der Waals surface area contributed by atoms with Gasteiger partial charge in [0.1, 0.15) is 11.2 Å². The van der Waals surface area contributed by atoms with Crippen molar-refractivity contribution in [3.8, 4) is 34.0 Å². The smallest absolute Gasteiger partial charge is 0.196 e. The quantitative estimate of drug-likeness (QED) is 0.211. The largest absolute Gasteiger partial charge is 0.456 e. The molecule has 0 N–H and O–H groups in total. The number of para-hydroxylation sites is 3. The molecule has 4 nitrogen and oxygen atoms in total. The van der Waals surface area contributed by atoms with Gasteiger partial charge < -0.3 is 8.98 Å². The van der Waals surface area contributed by atoms with Crippen LogP contribution in [-0.2, 0) is 0 Å². The molecule has 0 amide bonds. The Morgan fingerprint density at radius 3 is 2.24 bits per heavy atom. The van der Waals surface area contributed by atoms with E-state index in [1.165, 1.54) is 0 Å². The van der Waals surface area contributed by atoms with Crippen molar-refractivity contribution in [2.24, 2.45) is 0 Å². The van der Waals surface area contributed by atoms with E-state index in [4.69, 9.17) is 11.0 Å². The number of benzene rings is 6. The van der Waals surface area contributed by atoms with E-state index in [0.29, 0.717) is 16.8 Å². The van der Waals surface area contributed by atoms with Gasteiger partial charge in [0.15, 0.2) is 5.69 Å². The van der Waals surface area contributed by atoms with Crippen LogP contribution in [0.1, 0.15) is 5.56 Å². The van der Waals surface area contributed by atoms with Crippen molar-refractivity contribution in [3.05, 3.63) is 144 Å². The van der Waals surface area contributed by atoms with Crippen molar-refractivity contribution in [1.29, 1.82) is 5.26 Å². The minimum atomic E-state index is 0.474. The zero-order valence-electron chi connectivity index (χ0n) is 22.4. The van der Waals surface area contributed by atoms with Crippen LogP contribution in [0.15, 0.2) is 132 Å². The third kappa shape index (κ3) is 3.47. The van der Waals surface area contributed by atoms with Crippen LogP contribution in [0.3, 0.4) is 0 Å². The Bertz CT molecular complexity index is 2400. The van der Waals surface area contributed by atoms with Gasteiger partial charge in [-0.2, -0.15) is 5.26 Å². The Hall–Kier alpha value is -6.10. The van der Waals surface area contributed by atoms with E-state index >= 15 is 0 Å². The van der Waals surface area contributed by atoms with Gasteiger partial charge in [0, 0.05) is 43.9 Å². The van der Waals surface area contributed by atoms with Crippen molar-refractivity contribution < 1.29 is 4.42 Å². The summed E-state index contributed by atoms with van der Waals surface area (Å²) >= 11 is 0. The Balaban J connectivity index is 1.46. The molecule has 6 aromatic carbocycles. The molecule has 0 aliphatic rings. The number of hydrogen-bond donors (Lipinski definition) is 0. The highest BCUT2D eigenvalue weighted by Crippen LogP contribution is 2.42. The summed E-state index contributed by atoms with van der Waals surface area (Å²) in [4.78, 5) is 3.73. The summed E-state index contributed by atoms with van der Waals surface area (Å²) in [5, 5.41) is 14.2. The zero-order chi connectivity index (χ0) is 28.2. The first-order valence-corrected chi connectivity index (χ1v) is 13.7. The fourth-order valence-electron chi connectivity index (χ4n) is 6.23. The maximum atomic E-state index is 9.86. The first-order chi connectivity index (χ1) is 20.7. The molecule has 42 heavy (non-hydrogen) atoms. The molecule has 0 bridgehead atoms. The fraction of sp³-hybridized carbons (Fsp3) is 0. The molecule has 0 fully saturated rings. The van der Waals surface area contributed by atoms with Crippen LogP contribution < -0.4 is 0 Å². The molecule has 0 unspecified atom stereocenters. The van der Waals surface area contributed by atoms with Gasteiger partial charge in [0.05, 0.1) is 23.7 Å². The van der Waals surface area contributed by atoms with Gasteiger partial charge >= 0.3 is 0 Å². The summed E-state index contributed by atoms with van der Waals surface area (Å²) in [6, 6.07) is 45.2. The van der Waals surface area contributed by atoms with E-state index in [1.807, 2.05) is 30.3 Å². The molecule has 194 valence electrons. The van der Waals surface area contributed by atoms with E-state index in [2.05, 4.69) is 94.3 Å². The lowest BCUT2D eigenvalue weighted by Crippen LogP contribution is -1.95. The van der Waals surface area contributed by atoms with E-state index in [-0.39, 0.29) is 0 Å². The number of rotatable bonds is 3. The maximum Gasteiger partial charge on any atom is 0.196 e. The highest BCUT2D eigenvalue weighted by molar-refractivity contribution is 6.16. The third-order valence-corrected chi connectivity index (χ3v) is 8.06. The van der Waals surface area contributed by atoms with Gasteiger partial charge in [0.25, 0.3) is 0 Å². The first kappa shape index (κ1) is 23.8. The lowest BCUT2D eigenvalue weighted by Gasteiger charge is -2.12. The monoisotopic (exact) mass is 535 g/mol. The molecular weight excluding hydrogens is 514 g/mol. The summed E-state index contributed by atoms with van der Waals surface area (Å²) in [5.74, 6) is 0. The normalized spacial score (nSPS) is 11.3. The van der Waals surface area contributed by atoms with Gasteiger partial charge in [-0.25, -0.2) is 4.85 Å². The lowest BCUT2D eigenvalue weighted by atomic mass is 9.96. The molecule has 0 aliphatic heterocycles. The van der Waals surface area contributed by atoms with Gasteiger partial charge in [-0.1, -0.05) is 78.9 Å². The highest BCUT2D eigenvalue weighted by Gasteiger charge is 2.19. The zero-order valence-corrected chi connectivity index (χ0v) is 22.4. The highest BCUT2D eigenvalue weighted by atomic mass is 16.3. The molecule has 2 heterocycles. The summed E-state index contributed by atoms with van der Waals surface area (Å²) in [7, 11) is 0. The van der Waals surface area contributed by atoms with E-state index in [0.717, 1.165) is 66.1 Å². The summed E-state index contributed by atoms with van der Waals surface area (Å²) in [6.07, 6.45) is 0. The summed E-state index contributed by atoms with van der Waals surface area (Å²) in [6.45, 7) is 7.74. The van der Waals surface area contributed by atoms with E-state index in [9.17, 15) is 5.26 Å². The Morgan fingerprint density at radius 1 is 0.643 bits per heavy atom. The standard InChI is InChI=1S/C38H21N3O/c1-40-33-15-7-9-26(23-39)37(33)25-17-19-34-31(22-25)30-14-8-13-28(38(30)41(34)27-10-3-2-4-11-27)24-18-20-36-32(21-24)29-12-5-6-16-35(29)42-36/h2-22H. The predicted octanol–water partition coefficient (Wildman–Crippen LogP) is 10.4. The van der Waals surface area contributed by atoms with Crippen molar-refractivity contribution in [3.63, 3.8) is 0 Å². The second-order valence-corrected chi connectivity index (χ2v) is 10.3. The predicted molar refractivity (Wildman–Crippen MR) is 170 cm³/mol. The topological polar surface area (TPSA) is 46.2 Å². The van der Waals surface area contributed by atoms with Crippen LogP contribution >= 0.6 is 0 Å². The van der Waals surface area contributed by atoms with Crippen molar-refractivity contribution in [2.75, 3.05) is 0 Å². The number of fused-ring (bicyclic) bond motifs is 6. The molecule has 0 radical (unpaired) electrons. The van der Waals surface area contributed by atoms with E-state index < -0.39 is 0 Å². The lowest BCUT2D eigenvalue weighted by molar-refractivity contribution is 0.669. The molecule has 4 heteroatoms. The number of furan rings is 1. The molecule has 2 aromatic heterocycles. The molecule has 0 atom stereocenters. The number of nitriles is 1. The van der Waals surface area contributed by atoms with Gasteiger partial charge in [-0.05, 0) is 59.7 Å². The minimum absolute atomic E-state index is 0.474. The molecule has 8 rings (SSSR count). The molecule has 0 saturated carbocycles. The van der Waals surface area contributed by atoms with Crippen molar-refractivity contribution in [2.45, 2.75) is 0 Å². The fourth-order valence-corrected chi connectivity index (χ4v) is 6.23. The number of hydrogen-bond acceptors (Lipinski definition) is 2. The first-order valence-electron chi connectivity index (χ1n) is 13.7. The van der Waals surface area contributed by atoms with Crippen LogP contribution in [0.25, 0.3) is 76.5 Å². The van der Waals surface area contributed by atoms with Crippen LogP contribution in [0.4, 0.5) is 5.69 Å². The number of nitrogens with zero attached hydrogens (tertiary/aromatic N) is 3. The molecule has 0 saturated heterocycles. The summed E-state index contributed by atoms with van der Waals surface area (Å²) in [5.41, 5.74) is 9.68. The molecule has 0 aliphatic carbocycles. The second kappa shape index (κ2) is 9.24. The average molecular weight is 536 g/mol. The molecule has 0 spiro atoms. The molecular formula is C38H21N3O. The van der Waals surface area contributed by atoms with Gasteiger partial charge in [-0.15, -0.1) is 0 Å². The maximum absolute atomic E-state index is 9.86. The van der Waals surface area contributed by atoms with Gasteiger partial charge in [0.2, 0.25) is 0 Å². The van der Waals surface area contributed by atoms with Crippen molar-refractivity contribution >= 4 is 49.4 Å². The van der Waals surface area contributed by atoms with Crippen LogP contribution in [0, 0.1) is 17.9 Å². The van der Waals surface area contributed by atoms with Crippen LogP contribution in [0.5, 0.6) is 0 Å². The third-order valence-electron chi connectivity index (χ3n) is 8.06.